The van der Waals surface area contributed by atoms with E-state index in [1.807, 2.05) is 0 Å². The zero-order valence-electron chi connectivity index (χ0n) is 9.29. The maximum absolute atomic E-state index is 5.53. The molecule has 0 aliphatic heterocycles. The minimum absolute atomic E-state index is 0.665. The molecule has 0 spiro atoms. The van der Waals surface area contributed by atoms with Gasteiger partial charge in [-0.1, -0.05) is 19.6 Å². The first kappa shape index (κ1) is 12.4. The van der Waals surface area contributed by atoms with E-state index in [0.29, 0.717) is 6.61 Å². The molecule has 0 saturated carbocycles. The van der Waals surface area contributed by atoms with Crippen LogP contribution < -0.4 is 5.32 Å². The lowest BCUT2D eigenvalue weighted by atomic mass is 10.3. The summed E-state index contributed by atoms with van der Waals surface area (Å²) in [5.41, 5.74) is 1.11. The van der Waals surface area contributed by atoms with Crippen molar-refractivity contribution in [2.75, 3.05) is 26.3 Å². The van der Waals surface area contributed by atoms with Crippen molar-refractivity contribution < 1.29 is 4.74 Å². The fourth-order valence-corrected chi connectivity index (χ4v) is 1.89. The summed E-state index contributed by atoms with van der Waals surface area (Å²) in [6.07, 6.45) is 1.01. The van der Waals surface area contributed by atoms with Crippen LogP contribution in [0.25, 0.3) is 0 Å². The number of ether oxygens (including phenoxy) is 1. The highest BCUT2D eigenvalue weighted by atomic mass is 32.1. The van der Waals surface area contributed by atoms with E-state index in [4.69, 9.17) is 4.74 Å². The van der Waals surface area contributed by atoms with Crippen LogP contribution in [0.5, 0.6) is 0 Å². The normalized spacial score (nSPS) is 10.5. The standard InChI is InChI=1S/C12H19NOS/c1-3-13-9-11(2)10-14-7-6-12-5-4-8-15-12/h4-5,8,13H,2-3,6-7,9-10H2,1H3. The Hall–Kier alpha value is -0.640. The maximum Gasteiger partial charge on any atom is 0.0686 e. The zero-order chi connectivity index (χ0) is 10.9. The van der Waals surface area contributed by atoms with Gasteiger partial charge in [0.15, 0.2) is 0 Å². The summed E-state index contributed by atoms with van der Waals surface area (Å²) in [5.74, 6) is 0. The largest absolute Gasteiger partial charge is 0.377 e. The van der Waals surface area contributed by atoms with Crippen molar-refractivity contribution in [1.29, 1.82) is 0 Å². The Morgan fingerprint density at radius 2 is 2.47 bits per heavy atom. The Morgan fingerprint density at radius 1 is 1.60 bits per heavy atom. The smallest absolute Gasteiger partial charge is 0.0686 e. The second kappa shape index (κ2) is 7.63. The van der Waals surface area contributed by atoms with E-state index in [2.05, 4.69) is 36.3 Å². The quantitative estimate of drug-likeness (QED) is 0.542. The number of hydrogen-bond acceptors (Lipinski definition) is 3. The molecule has 1 aromatic heterocycles. The van der Waals surface area contributed by atoms with Crippen LogP contribution in [-0.2, 0) is 11.2 Å². The number of likely N-dealkylation sites (N-methyl/N-ethyl adjacent to an activating group) is 1. The Balaban J connectivity index is 1.99. The highest BCUT2D eigenvalue weighted by Crippen LogP contribution is 2.08. The van der Waals surface area contributed by atoms with Crippen LogP contribution in [0, 0.1) is 0 Å². The highest BCUT2D eigenvalue weighted by molar-refractivity contribution is 7.09. The topological polar surface area (TPSA) is 21.3 Å². The van der Waals surface area contributed by atoms with Gasteiger partial charge in [0, 0.05) is 17.8 Å². The van der Waals surface area contributed by atoms with Crippen molar-refractivity contribution in [3.05, 3.63) is 34.5 Å². The van der Waals surface area contributed by atoms with Gasteiger partial charge in [-0.25, -0.2) is 0 Å². The minimum atomic E-state index is 0.665. The summed E-state index contributed by atoms with van der Waals surface area (Å²) >= 11 is 1.78. The molecule has 0 bridgehead atoms. The van der Waals surface area contributed by atoms with Crippen LogP contribution >= 0.6 is 11.3 Å². The van der Waals surface area contributed by atoms with Gasteiger partial charge >= 0.3 is 0 Å². The molecule has 0 amide bonds. The van der Waals surface area contributed by atoms with Gasteiger partial charge in [-0.05, 0) is 23.6 Å². The van der Waals surface area contributed by atoms with Gasteiger partial charge in [-0.3, -0.25) is 0 Å². The molecule has 84 valence electrons. The van der Waals surface area contributed by atoms with Crippen molar-refractivity contribution in [1.82, 2.24) is 5.32 Å². The molecule has 0 unspecified atom stereocenters. The van der Waals surface area contributed by atoms with E-state index in [0.717, 1.165) is 31.7 Å². The van der Waals surface area contributed by atoms with Crippen LogP contribution in [0.2, 0.25) is 0 Å². The molecular weight excluding hydrogens is 206 g/mol. The lowest BCUT2D eigenvalue weighted by molar-refractivity contribution is 0.159. The van der Waals surface area contributed by atoms with E-state index in [9.17, 15) is 0 Å². The average Bonchev–Trinajstić information content (AvgIpc) is 2.74. The molecule has 1 rings (SSSR count). The van der Waals surface area contributed by atoms with Crippen molar-refractivity contribution in [3.8, 4) is 0 Å². The molecule has 1 aromatic rings. The van der Waals surface area contributed by atoms with Crippen molar-refractivity contribution in [2.24, 2.45) is 0 Å². The molecule has 0 atom stereocenters. The molecule has 2 nitrogen and oxygen atoms in total. The molecule has 0 aromatic carbocycles. The van der Waals surface area contributed by atoms with Crippen LogP contribution in [0.4, 0.5) is 0 Å². The van der Waals surface area contributed by atoms with E-state index >= 15 is 0 Å². The molecule has 0 fully saturated rings. The molecule has 0 aliphatic rings. The summed E-state index contributed by atoms with van der Waals surface area (Å²) in [7, 11) is 0. The lowest BCUT2D eigenvalue weighted by Gasteiger charge is -2.06. The van der Waals surface area contributed by atoms with Crippen LogP contribution in [0.3, 0.4) is 0 Å². The van der Waals surface area contributed by atoms with Crippen LogP contribution in [-0.4, -0.2) is 26.3 Å². The van der Waals surface area contributed by atoms with Crippen LogP contribution in [0.1, 0.15) is 11.8 Å². The fraction of sp³-hybridized carbons (Fsp3) is 0.500. The minimum Gasteiger partial charge on any atom is -0.377 e. The van der Waals surface area contributed by atoms with Crippen molar-refractivity contribution in [3.63, 3.8) is 0 Å². The third-order valence-electron chi connectivity index (χ3n) is 2.00. The molecule has 3 heteroatoms. The van der Waals surface area contributed by atoms with Gasteiger partial charge in [-0.15, -0.1) is 11.3 Å². The fourth-order valence-electron chi connectivity index (χ4n) is 1.20. The van der Waals surface area contributed by atoms with E-state index in [-0.39, 0.29) is 0 Å². The van der Waals surface area contributed by atoms with E-state index in [1.54, 1.807) is 11.3 Å². The predicted molar refractivity (Wildman–Crippen MR) is 66.5 cm³/mol. The third kappa shape index (κ3) is 5.72. The predicted octanol–water partition coefficient (Wildman–Crippen LogP) is 2.47. The van der Waals surface area contributed by atoms with E-state index < -0.39 is 0 Å². The number of nitrogens with one attached hydrogen (secondary N) is 1. The monoisotopic (exact) mass is 225 g/mol. The zero-order valence-corrected chi connectivity index (χ0v) is 10.1. The summed E-state index contributed by atoms with van der Waals surface area (Å²) in [5, 5.41) is 5.32. The first-order valence-electron chi connectivity index (χ1n) is 5.30. The summed E-state index contributed by atoms with van der Waals surface area (Å²) in [6.45, 7) is 9.32. The number of hydrogen-bond donors (Lipinski definition) is 1. The third-order valence-corrected chi connectivity index (χ3v) is 2.94. The van der Waals surface area contributed by atoms with Gasteiger partial charge in [-0.2, -0.15) is 0 Å². The van der Waals surface area contributed by atoms with Gasteiger partial charge in [0.05, 0.1) is 13.2 Å². The highest BCUT2D eigenvalue weighted by Gasteiger charge is 1.96. The van der Waals surface area contributed by atoms with Crippen LogP contribution in [0.15, 0.2) is 29.7 Å². The first-order chi connectivity index (χ1) is 7.33. The average molecular weight is 225 g/mol. The second-order valence-electron chi connectivity index (χ2n) is 3.41. The summed E-state index contributed by atoms with van der Waals surface area (Å²) in [6, 6.07) is 4.21. The molecule has 0 saturated heterocycles. The number of rotatable bonds is 8. The lowest BCUT2D eigenvalue weighted by Crippen LogP contribution is -2.18. The molecule has 0 aliphatic carbocycles. The maximum atomic E-state index is 5.53. The Morgan fingerprint density at radius 3 is 3.13 bits per heavy atom. The van der Waals surface area contributed by atoms with Gasteiger partial charge < -0.3 is 10.1 Å². The Labute approximate surface area is 96.0 Å². The first-order valence-corrected chi connectivity index (χ1v) is 6.18. The molecule has 1 N–H and O–H groups in total. The molecule has 1 heterocycles. The summed E-state index contributed by atoms with van der Waals surface area (Å²) in [4.78, 5) is 1.38. The second-order valence-corrected chi connectivity index (χ2v) is 4.44. The van der Waals surface area contributed by atoms with Crippen molar-refractivity contribution in [2.45, 2.75) is 13.3 Å². The number of thiophene rings is 1. The SMILES string of the molecule is C=C(CNCC)COCCc1cccs1. The molecular formula is C12H19NOS. The molecule has 15 heavy (non-hydrogen) atoms. The van der Waals surface area contributed by atoms with Crippen molar-refractivity contribution >= 4 is 11.3 Å². The Bertz CT molecular complexity index is 269. The summed E-state index contributed by atoms with van der Waals surface area (Å²) < 4.78 is 5.53. The van der Waals surface area contributed by atoms with Gasteiger partial charge in [0.25, 0.3) is 0 Å². The Kier molecular flexibility index (Phi) is 6.32. The van der Waals surface area contributed by atoms with E-state index in [1.165, 1.54) is 4.88 Å². The molecule has 0 radical (unpaired) electrons. The van der Waals surface area contributed by atoms with Gasteiger partial charge in [0.2, 0.25) is 0 Å². The van der Waals surface area contributed by atoms with Gasteiger partial charge in [0.1, 0.15) is 0 Å².